The summed E-state index contributed by atoms with van der Waals surface area (Å²) in [7, 11) is 0. The summed E-state index contributed by atoms with van der Waals surface area (Å²) in [5.41, 5.74) is 0.552. The molecule has 0 bridgehead atoms. The molecule has 1 fully saturated rings. The van der Waals surface area contributed by atoms with Gasteiger partial charge in [0.1, 0.15) is 5.82 Å². The van der Waals surface area contributed by atoms with E-state index in [2.05, 4.69) is 20.8 Å². The third-order valence-electron chi connectivity index (χ3n) is 3.55. The number of hydrogen-bond acceptors (Lipinski definition) is 2. The van der Waals surface area contributed by atoms with Crippen molar-refractivity contribution in [2.75, 3.05) is 5.32 Å². The molecule has 2 aromatic rings. The number of aromatic nitrogens is 2. The van der Waals surface area contributed by atoms with Crippen LogP contribution < -0.4 is 10.6 Å². The van der Waals surface area contributed by atoms with E-state index in [9.17, 15) is 18.0 Å². The number of halogens is 3. The summed E-state index contributed by atoms with van der Waals surface area (Å²) in [6.07, 6.45) is -2.19. The highest BCUT2D eigenvalue weighted by Crippen LogP contribution is 2.39. The lowest BCUT2D eigenvalue weighted by Crippen LogP contribution is -2.28. The van der Waals surface area contributed by atoms with E-state index in [1.54, 1.807) is 6.07 Å². The summed E-state index contributed by atoms with van der Waals surface area (Å²) in [6, 6.07) is 6.11. The van der Waals surface area contributed by atoms with E-state index in [0.29, 0.717) is 17.3 Å². The number of H-pyrrole nitrogens is 1. The molecule has 3 rings (SSSR count). The average molecular weight is 324 g/mol. The fraction of sp³-hybridized carbons (Fsp3) is 0.333. The normalized spacial score (nSPS) is 14.6. The Labute approximate surface area is 130 Å². The van der Waals surface area contributed by atoms with Crippen molar-refractivity contribution in [2.45, 2.75) is 31.5 Å². The van der Waals surface area contributed by atoms with Crippen molar-refractivity contribution < 1.29 is 18.0 Å². The molecule has 1 aliphatic carbocycles. The number of carbonyl (C=O) groups excluding carboxylic acids is 1. The van der Waals surface area contributed by atoms with Gasteiger partial charge in [-0.3, -0.25) is 10.4 Å². The van der Waals surface area contributed by atoms with Gasteiger partial charge < -0.3 is 5.32 Å². The average Bonchev–Trinajstić information content (AvgIpc) is 3.25. The first-order chi connectivity index (χ1) is 10.9. The Kier molecular flexibility index (Phi) is 3.97. The number of benzene rings is 1. The zero-order valence-corrected chi connectivity index (χ0v) is 12.1. The minimum Gasteiger partial charge on any atom is -0.334 e. The number of alkyl halides is 3. The molecule has 0 radical (unpaired) electrons. The first kappa shape index (κ1) is 15.4. The number of rotatable bonds is 4. The highest BCUT2D eigenvalue weighted by atomic mass is 19.4. The molecule has 0 saturated heterocycles. The standard InChI is InChI=1S/C15H15F3N4O/c16-15(17,18)11-3-1-2-9(6-11)8-19-14(23)20-13-7-12(21-22-13)10-4-5-10/h1-3,6-7,10H,4-5,8H2,(H3,19,20,21,22,23). The van der Waals surface area contributed by atoms with Gasteiger partial charge in [-0.25, -0.2) is 4.79 Å². The minimum atomic E-state index is -4.40. The highest BCUT2D eigenvalue weighted by molar-refractivity contribution is 5.88. The lowest BCUT2D eigenvalue weighted by atomic mass is 10.1. The second-order valence-electron chi connectivity index (χ2n) is 5.49. The molecule has 5 nitrogen and oxygen atoms in total. The van der Waals surface area contributed by atoms with E-state index in [4.69, 9.17) is 0 Å². The molecule has 1 aromatic heterocycles. The molecular weight excluding hydrogens is 309 g/mol. The Bertz CT molecular complexity index is 707. The second kappa shape index (κ2) is 5.94. The van der Waals surface area contributed by atoms with E-state index in [-0.39, 0.29) is 6.54 Å². The zero-order chi connectivity index (χ0) is 16.4. The molecule has 0 aliphatic heterocycles. The molecule has 0 atom stereocenters. The van der Waals surface area contributed by atoms with Gasteiger partial charge in [0.2, 0.25) is 0 Å². The summed E-state index contributed by atoms with van der Waals surface area (Å²) >= 11 is 0. The molecule has 2 amide bonds. The molecule has 23 heavy (non-hydrogen) atoms. The predicted octanol–water partition coefficient (Wildman–Crippen LogP) is 3.63. The van der Waals surface area contributed by atoms with Crippen LogP contribution in [-0.2, 0) is 12.7 Å². The van der Waals surface area contributed by atoms with Crippen LogP contribution in [0.2, 0.25) is 0 Å². The third kappa shape index (κ3) is 4.02. The van der Waals surface area contributed by atoms with Crippen LogP contribution in [-0.4, -0.2) is 16.2 Å². The second-order valence-corrected chi connectivity index (χ2v) is 5.49. The Morgan fingerprint density at radius 2 is 2.09 bits per heavy atom. The van der Waals surface area contributed by atoms with Gasteiger partial charge in [0.15, 0.2) is 0 Å². The van der Waals surface area contributed by atoms with Gasteiger partial charge in [-0.1, -0.05) is 12.1 Å². The first-order valence-electron chi connectivity index (χ1n) is 7.18. The Balaban J connectivity index is 1.54. The van der Waals surface area contributed by atoms with E-state index in [1.165, 1.54) is 12.1 Å². The maximum atomic E-state index is 12.6. The molecule has 1 aromatic carbocycles. The van der Waals surface area contributed by atoms with Gasteiger partial charge in [-0.15, -0.1) is 0 Å². The molecule has 8 heteroatoms. The summed E-state index contributed by atoms with van der Waals surface area (Å²) in [5.74, 6) is 0.934. The van der Waals surface area contributed by atoms with Gasteiger partial charge in [-0.05, 0) is 30.5 Å². The SMILES string of the molecule is O=C(NCc1cccc(C(F)(F)F)c1)Nc1cc(C2CC2)n[nH]1. The first-order valence-corrected chi connectivity index (χ1v) is 7.18. The quantitative estimate of drug-likeness (QED) is 0.804. The molecule has 3 N–H and O–H groups in total. The van der Waals surface area contributed by atoms with Crippen LogP contribution in [0, 0.1) is 0 Å². The van der Waals surface area contributed by atoms with Crippen LogP contribution in [0.3, 0.4) is 0 Å². The van der Waals surface area contributed by atoms with Crippen molar-refractivity contribution in [3.05, 3.63) is 47.2 Å². The zero-order valence-electron chi connectivity index (χ0n) is 12.1. The minimum absolute atomic E-state index is 0.000622. The highest BCUT2D eigenvalue weighted by Gasteiger charge is 2.30. The monoisotopic (exact) mass is 324 g/mol. The molecule has 122 valence electrons. The van der Waals surface area contributed by atoms with Crippen LogP contribution in [0.1, 0.15) is 35.6 Å². The Morgan fingerprint density at radius 3 is 2.78 bits per heavy atom. The van der Waals surface area contributed by atoms with E-state index < -0.39 is 17.8 Å². The lowest BCUT2D eigenvalue weighted by molar-refractivity contribution is -0.137. The summed E-state index contributed by atoms with van der Waals surface area (Å²) in [5, 5.41) is 11.9. The van der Waals surface area contributed by atoms with E-state index >= 15 is 0 Å². The fourth-order valence-corrected chi connectivity index (χ4v) is 2.20. The smallest absolute Gasteiger partial charge is 0.334 e. The Morgan fingerprint density at radius 1 is 1.30 bits per heavy atom. The van der Waals surface area contributed by atoms with Gasteiger partial charge in [0, 0.05) is 18.5 Å². The number of urea groups is 1. The molecular formula is C15H15F3N4O. The van der Waals surface area contributed by atoms with Crippen molar-refractivity contribution in [1.82, 2.24) is 15.5 Å². The molecule has 1 saturated carbocycles. The van der Waals surface area contributed by atoms with Crippen LogP contribution in [0.25, 0.3) is 0 Å². The number of anilines is 1. The number of aromatic amines is 1. The fourth-order valence-electron chi connectivity index (χ4n) is 2.20. The molecule has 0 spiro atoms. The van der Waals surface area contributed by atoms with Crippen LogP contribution in [0.4, 0.5) is 23.8 Å². The molecule has 1 heterocycles. The molecule has 0 unspecified atom stereocenters. The van der Waals surface area contributed by atoms with Crippen molar-refractivity contribution in [2.24, 2.45) is 0 Å². The van der Waals surface area contributed by atoms with Crippen molar-refractivity contribution in [3.8, 4) is 0 Å². The van der Waals surface area contributed by atoms with Gasteiger partial charge in [0.25, 0.3) is 0 Å². The third-order valence-corrected chi connectivity index (χ3v) is 3.55. The number of nitrogens with zero attached hydrogens (tertiary/aromatic N) is 1. The van der Waals surface area contributed by atoms with Crippen LogP contribution >= 0.6 is 0 Å². The van der Waals surface area contributed by atoms with Crippen LogP contribution in [0.15, 0.2) is 30.3 Å². The lowest BCUT2D eigenvalue weighted by Gasteiger charge is -2.09. The predicted molar refractivity (Wildman–Crippen MR) is 77.9 cm³/mol. The van der Waals surface area contributed by atoms with E-state index in [1.807, 2.05) is 0 Å². The van der Waals surface area contributed by atoms with Gasteiger partial charge in [0.05, 0.1) is 11.3 Å². The number of amides is 2. The van der Waals surface area contributed by atoms with Crippen molar-refractivity contribution >= 4 is 11.8 Å². The Hall–Kier alpha value is -2.51. The summed E-state index contributed by atoms with van der Waals surface area (Å²) in [4.78, 5) is 11.8. The summed E-state index contributed by atoms with van der Waals surface area (Å²) in [6.45, 7) is -0.000622. The molecule has 1 aliphatic rings. The van der Waals surface area contributed by atoms with Gasteiger partial charge >= 0.3 is 12.2 Å². The maximum Gasteiger partial charge on any atom is 0.416 e. The number of hydrogen-bond donors (Lipinski definition) is 3. The number of nitrogens with one attached hydrogen (secondary N) is 3. The van der Waals surface area contributed by atoms with Crippen LogP contribution in [0.5, 0.6) is 0 Å². The topological polar surface area (TPSA) is 69.8 Å². The summed E-state index contributed by atoms with van der Waals surface area (Å²) < 4.78 is 37.8. The van der Waals surface area contributed by atoms with Crippen molar-refractivity contribution in [1.29, 1.82) is 0 Å². The van der Waals surface area contributed by atoms with Gasteiger partial charge in [-0.2, -0.15) is 18.3 Å². The van der Waals surface area contributed by atoms with Crippen molar-refractivity contribution in [3.63, 3.8) is 0 Å². The number of carbonyl (C=O) groups is 1. The largest absolute Gasteiger partial charge is 0.416 e. The maximum absolute atomic E-state index is 12.6. The van der Waals surface area contributed by atoms with E-state index in [0.717, 1.165) is 30.7 Å².